The molecule has 5 nitrogen and oxygen atoms in total. The molecule has 0 radical (unpaired) electrons. The van der Waals surface area contributed by atoms with Gasteiger partial charge in [-0.25, -0.2) is 9.59 Å². The topological polar surface area (TPSA) is 69.6 Å². The first kappa shape index (κ1) is 16.2. The number of hydrogen-bond donors (Lipinski definition) is 2. The third kappa shape index (κ3) is 4.38. The molecule has 0 aromatic heterocycles. The van der Waals surface area contributed by atoms with Crippen molar-refractivity contribution in [1.82, 2.24) is 4.90 Å². The third-order valence-corrected chi connectivity index (χ3v) is 4.86. The summed E-state index contributed by atoms with van der Waals surface area (Å²) in [7, 11) is 0. The minimum Gasteiger partial charge on any atom is -0.478 e. The standard InChI is InChI=1S/C14H17BrN2O3S/c1-14(2)8-17(3-4-21-14)13(20)16-11-6-9(12(18)19)5-10(15)7-11/h5-7H,3-4,8H2,1-2H3,(H,16,20)(H,18,19). The number of carbonyl (C=O) groups is 2. The van der Waals surface area contributed by atoms with E-state index in [1.165, 1.54) is 12.1 Å². The van der Waals surface area contributed by atoms with Crippen molar-refractivity contribution in [2.24, 2.45) is 0 Å². The average molecular weight is 373 g/mol. The molecular weight excluding hydrogens is 356 g/mol. The quantitative estimate of drug-likeness (QED) is 0.833. The first-order chi connectivity index (χ1) is 9.77. The fraction of sp³-hybridized carbons (Fsp3) is 0.429. The van der Waals surface area contributed by atoms with Gasteiger partial charge >= 0.3 is 12.0 Å². The van der Waals surface area contributed by atoms with Gasteiger partial charge < -0.3 is 15.3 Å². The van der Waals surface area contributed by atoms with Gasteiger partial charge in [0, 0.05) is 33.7 Å². The SMILES string of the molecule is CC1(C)CN(C(=O)Nc2cc(Br)cc(C(=O)O)c2)CCS1. The number of nitrogens with one attached hydrogen (secondary N) is 1. The largest absolute Gasteiger partial charge is 0.478 e. The predicted molar refractivity (Wildman–Crippen MR) is 88.2 cm³/mol. The van der Waals surface area contributed by atoms with Gasteiger partial charge in [0.25, 0.3) is 0 Å². The Balaban J connectivity index is 2.11. The van der Waals surface area contributed by atoms with E-state index in [0.717, 1.165) is 5.75 Å². The Bertz CT molecular complexity index is 577. The number of amides is 2. The fourth-order valence-corrected chi connectivity index (χ4v) is 3.78. The smallest absolute Gasteiger partial charge is 0.335 e. The van der Waals surface area contributed by atoms with Crippen molar-refractivity contribution < 1.29 is 14.7 Å². The summed E-state index contributed by atoms with van der Waals surface area (Å²) < 4.78 is 0.659. The second-order valence-electron chi connectivity index (χ2n) is 5.49. The molecule has 0 bridgehead atoms. The zero-order valence-corrected chi connectivity index (χ0v) is 14.3. The van der Waals surface area contributed by atoms with Crippen LogP contribution in [0.15, 0.2) is 22.7 Å². The molecule has 21 heavy (non-hydrogen) atoms. The zero-order chi connectivity index (χ0) is 15.6. The molecule has 1 aromatic carbocycles. The van der Waals surface area contributed by atoms with Gasteiger partial charge in [-0.2, -0.15) is 11.8 Å². The van der Waals surface area contributed by atoms with Crippen LogP contribution in [0.2, 0.25) is 0 Å². The molecule has 1 aliphatic heterocycles. The Kier molecular flexibility index (Phi) is 4.83. The third-order valence-electron chi connectivity index (χ3n) is 3.11. The lowest BCUT2D eigenvalue weighted by Crippen LogP contribution is -2.47. The van der Waals surface area contributed by atoms with Crippen LogP contribution in [0.3, 0.4) is 0 Å². The van der Waals surface area contributed by atoms with Gasteiger partial charge in [0.15, 0.2) is 0 Å². The van der Waals surface area contributed by atoms with Crippen molar-refractivity contribution in [3.05, 3.63) is 28.2 Å². The average Bonchev–Trinajstić information content (AvgIpc) is 2.36. The number of carboxylic acid groups (broad SMARTS) is 1. The monoisotopic (exact) mass is 372 g/mol. The zero-order valence-electron chi connectivity index (χ0n) is 11.9. The van der Waals surface area contributed by atoms with E-state index in [9.17, 15) is 9.59 Å². The van der Waals surface area contributed by atoms with Crippen molar-refractivity contribution >= 4 is 45.4 Å². The normalized spacial score (nSPS) is 17.4. The summed E-state index contributed by atoms with van der Waals surface area (Å²) >= 11 is 5.10. The molecule has 1 saturated heterocycles. The van der Waals surface area contributed by atoms with Crippen molar-refractivity contribution in [1.29, 1.82) is 0 Å². The maximum Gasteiger partial charge on any atom is 0.335 e. The number of rotatable bonds is 2. The molecule has 0 saturated carbocycles. The van der Waals surface area contributed by atoms with E-state index in [4.69, 9.17) is 5.11 Å². The molecule has 0 atom stereocenters. The molecule has 2 N–H and O–H groups in total. The number of thioether (sulfide) groups is 1. The molecule has 1 aromatic rings. The number of nitrogens with zero attached hydrogens (tertiary/aromatic N) is 1. The summed E-state index contributed by atoms with van der Waals surface area (Å²) in [5.74, 6) is -0.124. The number of carbonyl (C=O) groups excluding carboxylic acids is 1. The van der Waals surface area contributed by atoms with E-state index in [-0.39, 0.29) is 16.3 Å². The Morgan fingerprint density at radius 1 is 1.38 bits per heavy atom. The maximum absolute atomic E-state index is 12.3. The highest BCUT2D eigenvalue weighted by Crippen LogP contribution is 2.30. The summed E-state index contributed by atoms with van der Waals surface area (Å²) in [4.78, 5) is 25.1. The van der Waals surface area contributed by atoms with Crippen molar-refractivity contribution in [3.8, 4) is 0 Å². The number of benzene rings is 1. The van der Waals surface area contributed by atoms with Crippen LogP contribution in [0.1, 0.15) is 24.2 Å². The van der Waals surface area contributed by atoms with E-state index in [2.05, 4.69) is 35.1 Å². The first-order valence-electron chi connectivity index (χ1n) is 6.51. The van der Waals surface area contributed by atoms with Crippen LogP contribution in [0.5, 0.6) is 0 Å². The minimum absolute atomic E-state index is 0.0408. The van der Waals surface area contributed by atoms with Crippen LogP contribution in [0.25, 0.3) is 0 Å². The number of urea groups is 1. The van der Waals surface area contributed by atoms with Crippen LogP contribution in [0, 0.1) is 0 Å². The Labute approximate surface area is 136 Å². The van der Waals surface area contributed by atoms with Gasteiger partial charge in [-0.3, -0.25) is 0 Å². The first-order valence-corrected chi connectivity index (χ1v) is 8.28. The molecule has 7 heteroatoms. The second kappa shape index (κ2) is 6.27. The van der Waals surface area contributed by atoms with Gasteiger partial charge in [-0.1, -0.05) is 15.9 Å². The Hall–Kier alpha value is -1.21. The number of hydrogen-bond acceptors (Lipinski definition) is 3. The molecule has 2 amide bonds. The summed E-state index contributed by atoms with van der Waals surface area (Å²) in [5, 5.41) is 11.8. The van der Waals surface area contributed by atoms with Gasteiger partial charge in [0.1, 0.15) is 0 Å². The molecular formula is C14H17BrN2O3S. The van der Waals surface area contributed by atoms with Crippen LogP contribution in [-0.2, 0) is 0 Å². The predicted octanol–water partition coefficient (Wildman–Crippen LogP) is 3.51. The highest BCUT2D eigenvalue weighted by atomic mass is 79.9. The van der Waals surface area contributed by atoms with Crippen molar-refractivity contribution in [3.63, 3.8) is 0 Å². The summed E-state index contributed by atoms with van der Waals surface area (Å²) in [6, 6.07) is 4.44. The Morgan fingerprint density at radius 3 is 2.71 bits per heavy atom. The summed E-state index contributed by atoms with van der Waals surface area (Å²) in [6.07, 6.45) is 0. The molecule has 1 aliphatic rings. The van der Waals surface area contributed by atoms with Crippen LogP contribution in [-0.4, -0.2) is 45.6 Å². The van der Waals surface area contributed by atoms with Gasteiger partial charge in [0.2, 0.25) is 0 Å². The highest BCUT2D eigenvalue weighted by Gasteiger charge is 2.29. The summed E-state index contributed by atoms with van der Waals surface area (Å²) in [6.45, 7) is 5.58. The van der Waals surface area contributed by atoms with E-state index in [1.807, 2.05) is 11.8 Å². The lowest BCUT2D eigenvalue weighted by Gasteiger charge is -2.37. The lowest BCUT2D eigenvalue weighted by molar-refractivity contribution is 0.0697. The lowest BCUT2D eigenvalue weighted by atomic mass is 10.2. The van der Waals surface area contributed by atoms with Crippen molar-refractivity contribution in [2.75, 3.05) is 24.2 Å². The van der Waals surface area contributed by atoms with Crippen LogP contribution in [0.4, 0.5) is 10.5 Å². The fourth-order valence-electron chi connectivity index (χ4n) is 2.18. The number of carboxylic acids is 1. The summed E-state index contributed by atoms with van der Waals surface area (Å²) in [5.41, 5.74) is 0.608. The molecule has 2 rings (SSSR count). The molecule has 0 aliphatic carbocycles. The molecule has 0 spiro atoms. The van der Waals surface area contributed by atoms with Gasteiger partial charge in [0.05, 0.1) is 5.56 Å². The van der Waals surface area contributed by atoms with E-state index in [0.29, 0.717) is 23.2 Å². The van der Waals surface area contributed by atoms with Crippen LogP contribution < -0.4 is 5.32 Å². The molecule has 1 fully saturated rings. The second-order valence-corrected chi connectivity index (χ2v) is 8.21. The maximum atomic E-state index is 12.3. The van der Waals surface area contributed by atoms with E-state index >= 15 is 0 Å². The van der Waals surface area contributed by atoms with Crippen molar-refractivity contribution in [2.45, 2.75) is 18.6 Å². The molecule has 0 unspecified atom stereocenters. The van der Waals surface area contributed by atoms with Gasteiger partial charge in [-0.05, 0) is 32.0 Å². The highest BCUT2D eigenvalue weighted by molar-refractivity contribution is 9.10. The minimum atomic E-state index is -1.03. The Morgan fingerprint density at radius 2 is 2.10 bits per heavy atom. The number of anilines is 1. The number of aromatic carboxylic acids is 1. The van der Waals surface area contributed by atoms with E-state index in [1.54, 1.807) is 11.0 Å². The molecule has 114 valence electrons. The van der Waals surface area contributed by atoms with Crippen LogP contribution >= 0.6 is 27.7 Å². The van der Waals surface area contributed by atoms with Gasteiger partial charge in [-0.15, -0.1) is 0 Å². The van der Waals surface area contributed by atoms with E-state index < -0.39 is 5.97 Å². The number of halogens is 1. The molecule has 1 heterocycles.